The Bertz CT molecular complexity index is 346. The molecule has 1 atom stereocenters. The molecule has 0 aliphatic heterocycles. The molecule has 16 heavy (non-hydrogen) atoms. The second-order valence-corrected chi connectivity index (χ2v) is 3.27. The molecule has 0 fully saturated rings. The van der Waals surface area contributed by atoms with Crippen molar-refractivity contribution in [2.45, 2.75) is 19.5 Å². The van der Waals surface area contributed by atoms with Gasteiger partial charge in [-0.05, 0) is 12.5 Å². The number of ether oxygens (including phenoxy) is 1. The maximum atomic E-state index is 13.2. The lowest BCUT2D eigenvalue weighted by Crippen LogP contribution is -2.17. The lowest BCUT2D eigenvalue weighted by Gasteiger charge is -2.03. The van der Waals surface area contributed by atoms with Gasteiger partial charge in [0.25, 0.3) is 0 Å². The summed E-state index contributed by atoms with van der Waals surface area (Å²) in [6.45, 7) is 1.87. The normalized spacial score (nSPS) is 12.6. The smallest absolute Gasteiger partial charge is 0.341 e. The number of hydrogen-bond donors (Lipinski definition) is 0. The van der Waals surface area contributed by atoms with Gasteiger partial charge in [0.2, 0.25) is 6.17 Å². The summed E-state index contributed by atoms with van der Waals surface area (Å²) in [7, 11) is 0. The van der Waals surface area contributed by atoms with Gasteiger partial charge in [0.15, 0.2) is 0 Å². The number of benzene rings is 1. The van der Waals surface area contributed by atoms with Gasteiger partial charge in [0.1, 0.15) is 0 Å². The number of carbonyl (C=O) groups excluding carboxylic acids is 1. The average molecular weight is 222 g/mol. The van der Waals surface area contributed by atoms with Crippen LogP contribution in [0.15, 0.2) is 36.4 Å². The minimum absolute atomic E-state index is 0.0493. The number of alkyl halides is 1. The first-order chi connectivity index (χ1) is 7.74. The number of rotatable bonds is 5. The molecule has 0 aliphatic carbocycles. The van der Waals surface area contributed by atoms with Gasteiger partial charge >= 0.3 is 5.97 Å². The zero-order chi connectivity index (χ0) is 11.8. The van der Waals surface area contributed by atoms with E-state index in [0.717, 1.165) is 5.56 Å². The van der Waals surface area contributed by atoms with E-state index in [1.165, 1.54) is 0 Å². The third-order valence-electron chi connectivity index (χ3n) is 2.00. The van der Waals surface area contributed by atoms with Gasteiger partial charge in [-0.3, -0.25) is 0 Å². The van der Waals surface area contributed by atoms with Gasteiger partial charge in [-0.2, -0.15) is 0 Å². The molecular formula is C13H15FO2. The fraction of sp³-hybridized carbons (Fsp3) is 0.308. The Morgan fingerprint density at radius 1 is 1.44 bits per heavy atom. The molecule has 0 N–H and O–H groups in total. The fourth-order valence-electron chi connectivity index (χ4n) is 1.22. The molecule has 0 saturated carbocycles. The molecule has 2 nitrogen and oxygen atoms in total. The average Bonchev–Trinajstić information content (AvgIpc) is 2.30. The molecule has 0 radical (unpaired) electrons. The first-order valence-corrected chi connectivity index (χ1v) is 5.26. The summed E-state index contributed by atoms with van der Waals surface area (Å²) >= 11 is 0. The third-order valence-corrected chi connectivity index (χ3v) is 2.00. The summed E-state index contributed by atoms with van der Waals surface area (Å²) in [5.41, 5.74) is 0.985. The van der Waals surface area contributed by atoms with Crippen molar-refractivity contribution in [2.24, 2.45) is 0 Å². The van der Waals surface area contributed by atoms with Gasteiger partial charge < -0.3 is 4.74 Å². The zero-order valence-electron chi connectivity index (χ0n) is 9.23. The van der Waals surface area contributed by atoms with E-state index in [9.17, 15) is 9.18 Å². The Kier molecular flexibility index (Phi) is 5.26. The van der Waals surface area contributed by atoms with Crippen LogP contribution in [0.2, 0.25) is 0 Å². The van der Waals surface area contributed by atoms with E-state index in [-0.39, 0.29) is 13.0 Å². The molecule has 1 aromatic rings. The van der Waals surface area contributed by atoms with Crippen LogP contribution in [0.1, 0.15) is 18.9 Å². The Labute approximate surface area is 94.7 Å². The van der Waals surface area contributed by atoms with Crippen LogP contribution in [0.3, 0.4) is 0 Å². The molecule has 1 aromatic carbocycles. The van der Waals surface area contributed by atoms with Crippen molar-refractivity contribution in [3.63, 3.8) is 0 Å². The van der Waals surface area contributed by atoms with Gasteiger partial charge in [-0.15, -0.1) is 0 Å². The van der Waals surface area contributed by atoms with Crippen LogP contribution < -0.4 is 0 Å². The Hall–Kier alpha value is -1.64. The molecular weight excluding hydrogens is 207 g/mol. The molecule has 0 bridgehead atoms. The Balaban J connectivity index is 2.40. The van der Waals surface area contributed by atoms with Gasteiger partial charge in [-0.25, -0.2) is 9.18 Å². The van der Waals surface area contributed by atoms with Crippen LogP contribution in [-0.4, -0.2) is 18.7 Å². The molecule has 86 valence electrons. The number of hydrogen-bond acceptors (Lipinski definition) is 2. The standard InChI is InChI=1S/C13H15FO2/c1-2-16-13(15)12(14)10-6-9-11-7-4-3-5-8-11/h3-9,12H,2,10H2,1H3/b9-6+. The first kappa shape index (κ1) is 12.4. The quantitative estimate of drug-likeness (QED) is 0.716. The fourth-order valence-corrected chi connectivity index (χ4v) is 1.22. The second kappa shape index (κ2) is 6.77. The van der Waals surface area contributed by atoms with Crippen molar-refractivity contribution in [1.82, 2.24) is 0 Å². The van der Waals surface area contributed by atoms with E-state index in [4.69, 9.17) is 0 Å². The van der Waals surface area contributed by atoms with Gasteiger partial charge in [0, 0.05) is 6.42 Å². The van der Waals surface area contributed by atoms with Crippen LogP contribution in [0.4, 0.5) is 4.39 Å². The maximum absolute atomic E-state index is 13.2. The monoisotopic (exact) mass is 222 g/mol. The highest BCUT2D eigenvalue weighted by Crippen LogP contribution is 2.06. The lowest BCUT2D eigenvalue weighted by molar-refractivity contribution is -0.148. The van der Waals surface area contributed by atoms with Crippen LogP contribution in [0.5, 0.6) is 0 Å². The lowest BCUT2D eigenvalue weighted by atomic mass is 10.2. The minimum atomic E-state index is -1.57. The van der Waals surface area contributed by atoms with Crippen LogP contribution in [0.25, 0.3) is 6.08 Å². The SMILES string of the molecule is CCOC(=O)C(F)C/C=C/c1ccccc1. The molecule has 1 unspecified atom stereocenters. The number of esters is 1. The number of allylic oxidation sites excluding steroid dienone is 1. The third kappa shape index (κ3) is 4.26. The predicted molar refractivity (Wildman–Crippen MR) is 61.6 cm³/mol. The van der Waals surface area contributed by atoms with E-state index in [2.05, 4.69) is 4.74 Å². The molecule has 0 spiro atoms. The van der Waals surface area contributed by atoms with E-state index in [0.29, 0.717) is 0 Å². The number of carbonyl (C=O) groups is 1. The van der Waals surface area contributed by atoms with Gasteiger partial charge in [-0.1, -0.05) is 42.5 Å². The molecule has 0 heterocycles. The van der Waals surface area contributed by atoms with E-state index in [1.807, 2.05) is 30.3 Å². The molecule has 0 aliphatic rings. The Morgan fingerprint density at radius 3 is 2.75 bits per heavy atom. The molecule has 0 aromatic heterocycles. The van der Waals surface area contributed by atoms with Crippen LogP contribution in [0, 0.1) is 0 Å². The summed E-state index contributed by atoms with van der Waals surface area (Å²) in [5, 5.41) is 0. The molecule has 0 saturated heterocycles. The summed E-state index contributed by atoms with van der Waals surface area (Å²) in [6, 6.07) is 9.53. The van der Waals surface area contributed by atoms with Crippen molar-refractivity contribution in [3.05, 3.63) is 42.0 Å². The molecule has 0 amide bonds. The highest BCUT2D eigenvalue weighted by Gasteiger charge is 2.15. The van der Waals surface area contributed by atoms with Crippen molar-refractivity contribution in [3.8, 4) is 0 Å². The largest absolute Gasteiger partial charge is 0.464 e. The summed E-state index contributed by atoms with van der Waals surface area (Å²) in [5.74, 6) is -0.791. The highest BCUT2D eigenvalue weighted by molar-refractivity contribution is 5.74. The summed E-state index contributed by atoms with van der Waals surface area (Å²) < 4.78 is 17.7. The van der Waals surface area contributed by atoms with Crippen molar-refractivity contribution in [1.29, 1.82) is 0 Å². The van der Waals surface area contributed by atoms with Crippen molar-refractivity contribution < 1.29 is 13.9 Å². The zero-order valence-corrected chi connectivity index (χ0v) is 9.23. The van der Waals surface area contributed by atoms with Gasteiger partial charge in [0.05, 0.1) is 6.61 Å². The minimum Gasteiger partial charge on any atom is -0.464 e. The molecule has 3 heteroatoms. The van der Waals surface area contributed by atoms with Crippen LogP contribution in [-0.2, 0) is 9.53 Å². The summed E-state index contributed by atoms with van der Waals surface area (Å²) in [6.07, 6.45) is 1.90. The van der Waals surface area contributed by atoms with E-state index < -0.39 is 12.1 Å². The Morgan fingerprint density at radius 2 is 2.12 bits per heavy atom. The topological polar surface area (TPSA) is 26.3 Å². The first-order valence-electron chi connectivity index (χ1n) is 5.26. The highest BCUT2D eigenvalue weighted by atomic mass is 19.1. The van der Waals surface area contributed by atoms with E-state index in [1.54, 1.807) is 19.1 Å². The van der Waals surface area contributed by atoms with E-state index >= 15 is 0 Å². The predicted octanol–water partition coefficient (Wildman–Crippen LogP) is 2.99. The van der Waals surface area contributed by atoms with Crippen molar-refractivity contribution in [2.75, 3.05) is 6.61 Å². The number of halogens is 1. The maximum Gasteiger partial charge on any atom is 0.341 e. The van der Waals surface area contributed by atoms with Crippen LogP contribution >= 0.6 is 0 Å². The molecule has 1 rings (SSSR count). The van der Waals surface area contributed by atoms with Crippen molar-refractivity contribution >= 4 is 12.0 Å². The second-order valence-electron chi connectivity index (χ2n) is 3.27. The summed E-state index contributed by atoms with van der Waals surface area (Å²) in [4.78, 5) is 11.0.